The molecular weight excluding hydrogens is 371 g/mol. The van der Waals surface area contributed by atoms with E-state index < -0.39 is 11.6 Å². The van der Waals surface area contributed by atoms with Crippen molar-refractivity contribution in [2.45, 2.75) is 46.3 Å². The standard InChI is InChI=1S/C20H22Cl2N2O2/c1-5-11-8-9-24-14-7-6-13(21)17(22)12(14)10-15(24)18(23)16(11)19(25)26-20(2,3)4/h6-8,10H,5,9,23H2,1-4H3. The van der Waals surface area contributed by atoms with Crippen LogP contribution in [-0.4, -0.2) is 16.1 Å². The predicted octanol–water partition coefficient (Wildman–Crippen LogP) is 5.31. The number of hydrogen-bond acceptors (Lipinski definition) is 3. The summed E-state index contributed by atoms with van der Waals surface area (Å²) in [4.78, 5) is 12.8. The van der Waals surface area contributed by atoms with Gasteiger partial charge in [0.1, 0.15) is 5.60 Å². The molecule has 0 saturated heterocycles. The van der Waals surface area contributed by atoms with E-state index >= 15 is 0 Å². The fraction of sp³-hybridized carbons (Fsp3) is 0.350. The Hall–Kier alpha value is -1.91. The van der Waals surface area contributed by atoms with Gasteiger partial charge >= 0.3 is 5.97 Å². The van der Waals surface area contributed by atoms with Gasteiger partial charge in [-0.25, -0.2) is 4.79 Å². The first-order valence-electron chi connectivity index (χ1n) is 8.54. The van der Waals surface area contributed by atoms with Gasteiger partial charge in [0.15, 0.2) is 0 Å². The number of nitrogens with two attached hydrogens (primary N) is 1. The van der Waals surface area contributed by atoms with Crippen molar-refractivity contribution >= 4 is 45.8 Å². The third-order valence-corrected chi connectivity index (χ3v) is 5.16. The summed E-state index contributed by atoms with van der Waals surface area (Å²) in [6.45, 7) is 8.11. The van der Waals surface area contributed by atoms with Gasteiger partial charge in [-0.1, -0.05) is 36.2 Å². The molecule has 1 aromatic heterocycles. The third kappa shape index (κ3) is 3.24. The SMILES string of the molecule is CCC1=CCn2c(cc3c(Cl)c(Cl)ccc32)C(N)=C1C(=O)OC(C)(C)C. The number of ether oxygens (including phenoxy) is 1. The summed E-state index contributed by atoms with van der Waals surface area (Å²) in [6.07, 6.45) is 2.70. The quantitative estimate of drug-likeness (QED) is 0.704. The first kappa shape index (κ1) is 18.9. The number of halogens is 2. The van der Waals surface area contributed by atoms with Crippen molar-refractivity contribution in [2.75, 3.05) is 0 Å². The van der Waals surface area contributed by atoms with Gasteiger partial charge in [0.2, 0.25) is 0 Å². The Labute approximate surface area is 163 Å². The van der Waals surface area contributed by atoms with Gasteiger partial charge in [-0.2, -0.15) is 0 Å². The van der Waals surface area contributed by atoms with E-state index in [-0.39, 0.29) is 0 Å². The minimum atomic E-state index is -0.598. The molecule has 138 valence electrons. The molecule has 1 aliphatic heterocycles. The lowest BCUT2D eigenvalue weighted by atomic mass is 10.00. The topological polar surface area (TPSA) is 57.2 Å². The molecule has 1 aromatic carbocycles. The van der Waals surface area contributed by atoms with Crippen LogP contribution in [0.3, 0.4) is 0 Å². The molecule has 4 nitrogen and oxygen atoms in total. The van der Waals surface area contributed by atoms with E-state index in [4.69, 9.17) is 33.7 Å². The summed E-state index contributed by atoms with van der Waals surface area (Å²) in [5.74, 6) is -0.411. The van der Waals surface area contributed by atoms with E-state index in [1.54, 1.807) is 6.07 Å². The maximum atomic E-state index is 12.8. The summed E-state index contributed by atoms with van der Waals surface area (Å²) in [7, 11) is 0. The molecule has 0 bridgehead atoms. The first-order chi connectivity index (χ1) is 12.1. The van der Waals surface area contributed by atoms with Gasteiger partial charge in [0, 0.05) is 11.9 Å². The van der Waals surface area contributed by atoms with Crippen LogP contribution < -0.4 is 5.73 Å². The van der Waals surface area contributed by atoms with E-state index in [2.05, 4.69) is 0 Å². The second-order valence-electron chi connectivity index (χ2n) is 7.31. The Bertz CT molecular complexity index is 962. The molecule has 3 rings (SSSR count). The molecule has 6 heteroatoms. The normalized spacial score (nSPS) is 14.9. The highest BCUT2D eigenvalue weighted by atomic mass is 35.5. The Morgan fingerprint density at radius 2 is 2.00 bits per heavy atom. The number of carbonyl (C=O) groups is 1. The zero-order chi connectivity index (χ0) is 19.2. The summed E-state index contributed by atoms with van der Waals surface area (Å²) < 4.78 is 7.63. The largest absolute Gasteiger partial charge is 0.456 e. The van der Waals surface area contributed by atoms with Crippen LogP contribution in [0.15, 0.2) is 35.4 Å². The zero-order valence-corrected chi connectivity index (χ0v) is 16.8. The number of allylic oxidation sites excluding steroid dienone is 1. The van der Waals surface area contributed by atoms with Crippen molar-refractivity contribution in [3.63, 3.8) is 0 Å². The average molecular weight is 393 g/mol. The molecular formula is C20H22Cl2N2O2. The first-order valence-corrected chi connectivity index (χ1v) is 9.29. The minimum Gasteiger partial charge on any atom is -0.456 e. The number of fused-ring (bicyclic) bond motifs is 3. The Morgan fingerprint density at radius 3 is 2.62 bits per heavy atom. The van der Waals surface area contributed by atoms with Gasteiger partial charge in [-0.3, -0.25) is 0 Å². The van der Waals surface area contributed by atoms with Crippen LogP contribution in [0, 0.1) is 0 Å². The molecule has 2 N–H and O–H groups in total. The molecule has 26 heavy (non-hydrogen) atoms. The lowest BCUT2D eigenvalue weighted by molar-refractivity contribution is -0.149. The molecule has 0 fully saturated rings. The number of nitrogens with zero attached hydrogens (tertiary/aromatic N) is 1. The second-order valence-corrected chi connectivity index (χ2v) is 8.09. The summed E-state index contributed by atoms with van der Waals surface area (Å²) >= 11 is 12.5. The van der Waals surface area contributed by atoms with Gasteiger partial charge in [-0.15, -0.1) is 0 Å². The van der Waals surface area contributed by atoms with Crippen LogP contribution in [0.2, 0.25) is 10.0 Å². The molecule has 0 aliphatic carbocycles. The lowest BCUT2D eigenvalue weighted by Crippen LogP contribution is -2.26. The molecule has 2 aromatic rings. The molecule has 0 radical (unpaired) electrons. The molecule has 0 spiro atoms. The van der Waals surface area contributed by atoms with Crippen molar-refractivity contribution in [3.05, 3.63) is 51.2 Å². The monoisotopic (exact) mass is 392 g/mol. The van der Waals surface area contributed by atoms with Crippen LogP contribution in [-0.2, 0) is 16.1 Å². The molecule has 0 amide bonds. The van der Waals surface area contributed by atoms with E-state index in [1.165, 1.54) is 0 Å². The maximum Gasteiger partial charge on any atom is 0.341 e. The molecule has 0 saturated carbocycles. The third-order valence-electron chi connectivity index (χ3n) is 4.34. The van der Waals surface area contributed by atoms with E-state index in [1.807, 2.05) is 50.5 Å². The summed E-state index contributed by atoms with van der Waals surface area (Å²) in [6, 6.07) is 5.57. The second kappa shape index (κ2) is 6.67. The highest BCUT2D eigenvalue weighted by Gasteiger charge is 2.28. The molecule has 2 heterocycles. The highest BCUT2D eigenvalue weighted by molar-refractivity contribution is 6.45. The molecule has 0 unspecified atom stereocenters. The number of benzene rings is 1. The van der Waals surface area contributed by atoms with Crippen molar-refractivity contribution in [3.8, 4) is 0 Å². The zero-order valence-electron chi connectivity index (χ0n) is 15.3. The summed E-state index contributed by atoms with van der Waals surface area (Å²) in [5, 5.41) is 1.78. The maximum absolute atomic E-state index is 12.8. The fourth-order valence-corrected chi connectivity index (χ4v) is 3.57. The van der Waals surface area contributed by atoms with Crippen molar-refractivity contribution in [2.24, 2.45) is 5.73 Å². The molecule has 0 atom stereocenters. The minimum absolute atomic E-state index is 0.397. The van der Waals surface area contributed by atoms with Crippen molar-refractivity contribution in [1.29, 1.82) is 0 Å². The average Bonchev–Trinajstić information content (AvgIpc) is 2.85. The van der Waals surface area contributed by atoms with Crippen LogP contribution in [0.5, 0.6) is 0 Å². The van der Waals surface area contributed by atoms with Crippen molar-refractivity contribution in [1.82, 2.24) is 4.57 Å². The number of carbonyl (C=O) groups excluding carboxylic acids is 1. The lowest BCUT2D eigenvalue weighted by Gasteiger charge is -2.22. The van der Waals surface area contributed by atoms with Crippen molar-refractivity contribution < 1.29 is 9.53 Å². The van der Waals surface area contributed by atoms with Gasteiger partial charge < -0.3 is 15.0 Å². The van der Waals surface area contributed by atoms with Crippen LogP contribution in [0.25, 0.3) is 16.6 Å². The smallest absolute Gasteiger partial charge is 0.341 e. The highest BCUT2D eigenvalue weighted by Crippen LogP contribution is 2.37. The van der Waals surface area contributed by atoms with Gasteiger partial charge in [-0.05, 0) is 51.0 Å². The predicted molar refractivity (Wildman–Crippen MR) is 107 cm³/mol. The molecule has 1 aliphatic rings. The van der Waals surface area contributed by atoms with E-state index in [0.717, 1.165) is 22.2 Å². The van der Waals surface area contributed by atoms with Gasteiger partial charge in [0.25, 0.3) is 0 Å². The van der Waals surface area contributed by atoms with Crippen LogP contribution >= 0.6 is 23.2 Å². The number of hydrogen-bond donors (Lipinski definition) is 1. The number of aromatic nitrogens is 1. The van der Waals surface area contributed by atoms with Crippen LogP contribution in [0.1, 0.15) is 39.8 Å². The number of rotatable bonds is 2. The summed E-state index contributed by atoms with van der Waals surface area (Å²) in [5.41, 5.74) is 9.24. The van der Waals surface area contributed by atoms with Gasteiger partial charge in [0.05, 0.1) is 32.5 Å². The number of esters is 1. The van der Waals surface area contributed by atoms with E-state index in [9.17, 15) is 4.79 Å². The Kier molecular flexibility index (Phi) is 4.84. The van der Waals surface area contributed by atoms with Crippen LogP contribution in [0.4, 0.5) is 0 Å². The van der Waals surface area contributed by atoms with E-state index in [0.29, 0.717) is 34.3 Å². The Morgan fingerprint density at radius 1 is 1.31 bits per heavy atom. The Balaban J connectivity index is 2.24. The fourth-order valence-electron chi connectivity index (χ4n) is 3.19.